The predicted molar refractivity (Wildman–Crippen MR) is 87.2 cm³/mol. The minimum atomic E-state index is -0.528. The summed E-state index contributed by atoms with van der Waals surface area (Å²) in [4.78, 5) is 23.1. The summed E-state index contributed by atoms with van der Waals surface area (Å²) in [5, 5.41) is 2.92. The molecule has 136 valence electrons. The first kappa shape index (κ1) is 17.5. The Bertz CT molecular complexity index is 636. The second kappa shape index (κ2) is 8.17. The van der Waals surface area contributed by atoms with Crippen molar-refractivity contribution in [1.29, 1.82) is 0 Å². The minimum absolute atomic E-state index is 0.0964. The van der Waals surface area contributed by atoms with Crippen molar-refractivity contribution in [2.45, 2.75) is 31.4 Å². The van der Waals surface area contributed by atoms with Crippen molar-refractivity contribution in [2.75, 3.05) is 26.6 Å². The number of hydrogen-bond acceptors (Lipinski definition) is 6. The van der Waals surface area contributed by atoms with E-state index in [2.05, 4.69) is 5.32 Å². The number of carbonyl (C=O) groups is 2. The van der Waals surface area contributed by atoms with Crippen LogP contribution in [-0.2, 0) is 25.5 Å². The molecule has 0 spiro atoms. The smallest absolute Gasteiger partial charge is 0.243 e. The van der Waals surface area contributed by atoms with Gasteiger partial charge in [-0.3, -0.25) is 9.59 Å². The van der Waals surface area contributed by atoms with Gasteiger partial charge in [0.25, 0.3) is 0 Å². The summed E-state index contributed by atoms with van der Waals surface area (Å²) >= 11 is 0. The summed E-state index contributed by atoms with van der Waals surface area (Å²) in [6.07, 6.45) is 1.26. The fraction of sp³-hybridized carbons (Fsp3) is 0.529. The highest BCUT2D eigenvalue weighted by molar-refractivity contribution is 5.77. The molecule has 0 aliphatic carbocycles. The molecule has 1 aromatic carbocycles. The van der Waals surface area contributed by atoms with Crippen LogP contribution in [-0.4, -0.2) is 50.6 Å². The first-order valence-electron chi connectivity index (χ1n) is 8.27. The van der Waals surface area contributed by atoms with Gasteiger partial charge in [-0.15, -0.1) is 0 Å². The molecule has 2 aliphatic rings. The van der Waals surface area contributed by atoms with E-state index >= 15 is 0 Å². The van der Waals surface area contributed by atoms with Crippen LogP contribution in [0.5, 0.6) is 11.5 Å². The summed E-state index contributed by atoms with van der Waals surface area (Å²) in [7, 11) is 0. The van der Waals surface area contributed by atoms with E-state index in [9.17, 15) is 9.59 Å². The number of fused-ring (bicyclic) bond motifs is 1. The van der Waals surface area contributed by atoms with Crippen LogP contribution in [0.3, 0.4) is 0 Å². The van der Waals surface area contributed by atoms with Gasteiger partial charge in [-0.05, 0) is 30.5 Å². The lowest BCUT2D eigenvalue weighted by Crippen LogP contribution is -2.51. The van der Waals surface area contributed by atoms with Crippen LogP contribution in [0, 0.1) is 0 Å². The highest BCUT2D eigenvalue weighted by Gasteiger charge is 2.28. The number of hydrogen-bond donors (Lipinski definition) is 2. The van der Waals surface area contributed by atoms with E-state index in [0.29, 0.717) is 38.2 Å². The van der Waals surface area contributed by atoms with Crippen LogP contribution in [0.25, 0.3) is 0 Å². The van der Waals surface area contributed by atoms with Crippen molar-refractivity contribution in [1.82, 2.24) is 5.32 Å². The predicted octanol–water partition coefficient (Wildman–Crippen LogP) is 0.123. The lowest BCUT2D eigenvalue weighted by molar-refractivity contribution is -0.131. The molecule has 1 saturated heterocycles. The van der Waals surface area contributed by atoms with Crippen LogP contribution in [0.1, 0.15) is 18.4 Å². The molecule has 2 heterocycles. The summed E-state index contributed by atoms with van der Waals surface area (Å²) in [6, 6.07) is 5.37. The minimum Gasteiger partial charge on any atom is -0.454 e. The average Bonchev–Trinajstić information content (AvgIpc) is 3.07. The zero-order valence-corrected chi connectivity index (χ0v) is 13.9. The van der Waals surface area contributed by atoms with Gasteiger partial charge in [0.2, 0.25) is 18.6 Å². The van der Waals surface area contributed by atoms with Gasteiger partial charge in [-0.2, -0.15) is 0 Å². The Morgan fingerprint density at radius 2 is 2.12 bits per heavy atom. The Balaban J connectivity index is 1.48. The Morgan fingerprint density at radius 1 is 1.28 bits per heavy atom. The highest BCUT2D eigenvalue weighted by atomic mass is 16.7. The molecule has 25 heavy (non-hydrogen) atoms. The van der Waals surface area contributed by atoms with E-state index in [1.807, 2.05) is 18.2 Å². The molecular formula is C17H22N2O6. The van der Waals surface area contributed by atoms with Crippen molar-refractivity contribution < 1.29 is 28.5 Å². The van der Waals surface area contributed by atoms with Crippen LogP contribution in [0.15, 0.2) is 18.2 Å². The maximum atomic E-state index is 12.2. The Labute approximate surface area is 145 Å². The Kier molecular flexibility index (Phi) is 5.72. The fourth-order valence-electron chi connectivity index (χ4n) is 2.87. The largest absolute Gasteiger partial charge is 0.454 e. The third-order valence-corrected chi connectivity index (χ3v) is 4.16. The van der Waals surface area contributed by atoms with Gasteiger partial charge in [0, 0.05) is 13.0 Å². The van der Waals surface area contributed by atoms with Crippen LogP contribution < -0.4 is 20.5 Å². The van der Waals surface area contributed by atoms with Crippen LogP contribution >= 0.6 is 0 Å². The van der Waals surface area contributed by atoms with Crippen LogP contribution in [0.2, 0.25) is 0 Å². The zero-order chi connectivity index (χ0) is 17.6. The lowest BCUT2D eigenvalue weighted by Gasteiger charge is -2.31. The molecule has 8 heteroatoms. The molecule has 1 aromatic rings. The second-order valence-electron chi connectivity index (χ2n) is 6.04. The number of primary amides is 1. The molecule has 3 N–H and O–H groups in total. The molecule has 0 bridgehead atoms. The molecule has 3 rings (SSSR count). The van der Waals surface area contributed by atoms with E-state index in [4.69, 9.17) is 24.7 Å². The molecule has 8 nitrogen and oxygen atoms in total. The van der Waals surface area contributed by atoms with Gasteiger partial charge in [0.05, 0.1) is 18.8 Å². The molecule has 0 aromatic heterocycles. The van der Waals surface area contributed by atoms with E-state index in [1.165, 1.54) is 0 Å². The van der Waals surface area contributed by atoms with Gasteiger partial charge in [0.15, 0.2) is 11.5 Å². The van der Waals surface area contributed by atoms with Crippen molar-refractivity contribution in [3.63, 3.8) is 0 Å². The molecule has 0 unspecified atom stereocenters. The third-order valence-electron chi connectivity index (χ3n) is 4.16. The van der Waals surface area contributed by atoms with E-state index < -0.39 is 5.91 Å². The van der Waals surface area contributed by atoms with Gasteiger partial charge < -0.3 is 30.0 Å². The van der Waals surface area contributed by atoms with Crippen molar-refractivity contribution in [3.05, 3.63) is 23.8 Å². The van der Waals surface area contributed by atoms with Gasteiger partial charge >= 0.3 is 0 Å². The Morgan fingerprint density at radius 3 is 2.96 bits per heavy atom. The van der Waals surface area contributed by atoms with Gasteiger partial charge in [0.1, 0.15) is 6.61 Å². The monoisotopic (exact) mass is 350 g/mol. The number of carbonyl (C=O) groups excluding carboxylic acids is 2. The molecule has 2 aliphatic heterocycles. The molecule has 2 amide bonds. The molecule has 2 atom stereocenters. The van der Waals surface area contributed by atoms with Gasteiger partial charge in [-0.25, -0.2) is 0 Å². The summed E-state index contributed by atoms with van der Waals surface area (Å²) in [5.41, 5.74) is 6.11. The summed E-state index contributed by atoms with van der Waals surface area (Å²) in [6.45, 7) is 0.966. The maximum absolute atomic E-state index is 12.2. The molecule has 0 saturated carbocycles. The first-order valence-corrected chi connectivity index (χ1v) is 8.27. The third kappa shape index (κ3) is 4.83. The van der Waals surface area contributed by atoms with Crippen molar-refractivity contribution in [3.8, 4) is 11.5 Å². The van der Waals surface area contributed by atoms with Gasteiger partial charge in [-0.1, -0.05) is 6.07 Å². The van der Waals surface area contributed by atoms with Crippen molar-refractivity contribution >= 4 is 11.8 Å². The average molecular weight is 350 g/mol. The van der Waals surface area contributed by atoms with E-state index in [-0.39, 0.29) is 31.5 Å². The zero-order valence-electron chi connectivity index (χ0n) is 13.9. The number of rotatable bonds is 7. The second-order valence-corrected chi connectivity index (χ2v) is 6.04. The Hall–Kier alpha value is -2.32. The number of aryl methyl sites for hydroxylation is 1. The molecular weight excluding hydrogens is 328 g/mol. The number of ether oxygens (including phenoxy) is 4. The maximum Gasteiger partial charge on any atom is 0.243 e. The van der Waals surface area contributed by atoms with E-state index in [0.717, 1.165) is 11.3 Å². The highest BCUT2D eigenvalue weighted by Crippen LogP contribution is 2.32. The normalized spacial score (nSPS) is 21.8. The number of benzene rings is 1. The quantitative estimate of drug-likeness (QED) is 0.723. The summed E-state index contributed by atoms with van der Waals surface area (Å²) < 4.78 is 21.5. The van der Waals surface area contributed by atoms with Crippen LogP contribution in [0.4, 0.5) is 0 Å². The number of amides is 2. The lowest BCUT2D eigenvalue weighted by atomic mass is 10.1. The standard InChI is InChI=1S/C17H22N2O6/c18-16(20)9-23-13-5-6-22-8-12(13)19-17(21)4-2-11-1-3-14-15(7-11)25-10-24-14/h1,3,7,12-13H,2,4-6,8-10H2,(H2,18,20)(H,19,21)/t12-,13+/m1/s1. The molecule has 1 fully saturated rings. The first-order chi connectivity index (χ1) is 12.1. The summed E-state index contributed by atoms with van der Waals surface area (Å²) in [5.74, 6) is 0.806. The SMILES string of the molecule is NC(=O)CO[C@H]1CCOC[C@H]1NC(=O)CCc1ccc2c(c1)OCO2. The number of nitrogens with one attached hydrogen (secondary N) is 1. The fourth-order valence-corrected chi connectivity index (χ4v) is 2.87. The topological polar surface area (TPSA) is 109 Å². The van der Waals surface area contributed by atoms with E-state index in [1.54, 1.807) is 0 Å². The van der Waals surface area contributed by atoms with Crippen molar-refractivity contribution in [2.24, 2.45) is 5.73 Å². The molecule has 0 radical (unpaired) electrons. The number of nitrogens with two attached hydrogens (primary N) is 1.